The third-order valence-electron chi connectivity index (χ3n) is 5.70. The second-order valence-corrected chi connectivity index (χ2v) is 9.82. The van der Waals surface area contributed by atoms with Gasteiger partial charge in [-0.2, -0.15) is 0 Å². The highest BCUT2D eigenvalue weighted by Crippen LogP contribution is 2.27. The number of rotatable bonds is 5. The average molecular weight is 428 g/mol. The van der Waals surface area contributed by atoms with E-state index in [-0.39, 0.29) is 30.3 Å². The maximum atomic E-state index is 12.9. The van der Waals surface area contributed by atoms with Gasteiger partial charge >= 0.3 is 6.03 Å². The highest BCUT2D eigenvalue weighted by atomic mass is 32.2. The number of aryl methyl sites for hydroxylation is 1. The van der Waals surface area contributed by atoms with Crippen LogP contribution in [0.15, 0.2) is 54.6 Å². The van der Waals surface area contributed by atoms with Crippen molar-refractivity contribution in [1.29, 1.82) is 0 Å². The number of carbonyl (C=O) groups excluding carboxylic acids is 2. The number of hydrogen-bond donors (Lipinski definition) is 0. The Morgan fingerprint density at radius 1 is 0.967 bits per heavy atom. The second-order valence-electron chi connectivity index (χ2n) is 7.85. The summed E-state index contributed by atoms with van der Waals surface area (Å²) < 4.78 is 27.2. The average Bonchev–Trinajstić information content (AvgIpc) is 3.02. The van der Waals surface area contributed by atoms with Crippen LogP contribution in [0, 0.1) is 6.92 Å². The van der Waals surface area contributed by atoms with Gasteiger partial charge < -0.3 is 4.90 Å². The number of urea groups is 1. The quantitative estimate of drug-likeness (QED) is 0.688. The molecule has 0 saturated carbocycles. The molecular weight excluding hydrogens is 402 g/mol. The molecule has 2 fully saturated rings. The maximum Gasteiger partial charge on any atom is 0.332 e. The lowest BCUT2D eigenvalue weighted by atomic mass is 10.1. The number of piperidine rings is 1. The van der Waals surface area contributed by atoms with E-state index in [2.05, 4.69) is 0 Å². The fourth-order valence-electron chi connectivity index (χ4n) is 4.17. The molecule has 30 heavy (non-hydrogen) atoms. The van der Waals surface area contributed by atoms with Gasteiger partial charge in [0.25, 0.3) is 5.91 Å². The highest BCUT2D eigenvalue weighted by Gasteiger charge is 2.42. The van der Waals surface area contributed by atoms with Gasteiger partial charge in [-0.1, -0.05) is 48.0 Å². The summed E-state index contributed by atoms with van der Waals surface area (Å²) in [6, 6.07) is 15.9. The number of anilines is 1. The van der Waals surface area contributed by atoms with Crippen molar-refractivity contribution in [2.75, 3.05) is 24.5 Å². The highest BCUT2D eigenvalue weighted by molar-refractivity contribution is 7.88. The molecule has 0 unspecified atom stereocenters. The molecule has 8 heteroatoms. The zero-order valence-electron chi connectivity index (χ0n) is 16.9. The van der Waals surface area contributed by atoms with Gasteiger partial charge in [-0.05, 0) is 37.5 Å². The van der Waals surface area contributed by atoms with Crippen LogP contribution in [0.3, 0.4) is 0 Å². The first-order chi connectivity index (χ1) is 14.3. The van der Waals surface area contributed by atoms with Crippen LogP contribution < -0.4 is 4.90 Å². The first-order valence-electron chi connectivity index (χ1n) is 10.1. The predicted octanol–water partition coefficient (Wildman–Crippen LogP) is 2.76. The number of carbonyl (C=O) groups is 2. The first kappa shape index (κ1) is 20.6. The van der Waals surface area contributed by atoms with E-state index in [0.29, 0.717) is 31.6 Å². The van der Waals surface area contributed by atoms with Gasteiger partial charge in [0.15, 0.2) is 0 Å². The molecule has 0 radical (unpaired) electrons. The van der Waals surface area contributed by atoms with Crippen molar-refractivity contribution in [2.45, 2.75) is 31.6 Å². The second kappa shape index (κ2) is 8.20. The van der Waals surface area contributed by atoms with Crippen LogP contribution in [0.5, 0.6) is 0 Å². The number of benzene rings is 2. The van der Waals surface area contributed by atoms with Crippen molar-refractivity contribution in [1.82, 2.24) is 9.21 Å². The minimum absolute atomic E-state index is 0.0255. The van der Waals surface area contributed by atoms with E-state index in [4.69, 9.17) is 0 Å². The smallest absolute Gasteiger partial charge is 0.312 e. The molecule has 2 aliphatic rings. The van der Waals surface area contributed by atoms with Crippen LogP contribution in [0.25, 0.3) is 0 Å². The lowest BCUT2D eigenvalue weighted by molar-refractivity contribution is -0.116. The van der Waals surface area contributed by atoms with E-state index >= 15 is 0 Å². The topological polar surface area (TPSA) is 78.0 Å². The monoisotopic (exact) mass is 427 g/mol. The standard InChI is InChI=1S/C22H25N3O4S/c1-17-6-5-7-18(14-17)16-30(28,29)23-12-10-19(11-13-23)24-15-21(26)25(22(24)27)20-8-3-2-4-9-20/h2-9,14,19H,10-13,15-16H2,1H3. The predicted molar refractivity (Wildman–Crippen MR) is 114 cm³/mol. The zero-order valence-corrected chi connectivity index (χ0v) is 17.7. The van der Waals surface area contributed by atoms with Crippen LogP contribution in [-0.2, 0) is 20.6 Å². The molecule has 2 aromatic carbocycles. The first-order valence-corrected chi connectivity index (χ1v) is 11.7. The Morgan fingerprint density at radius 2 is 1.67 bits per heavy atom. The number of amides is 3. The molecule has 4 rings (SSSR count). The van der Waals surface area contributed by atoms with Crippen LogP contribution in [0.1, 0.15) is 24.0 Å². The summed E-state index contributed by atoms with van der Waals surface area (Å²) >= 11 is 0. The Labute approximate surface area is 176 Å². The Bertz CT molecular complexity index is 1050. The SMILES string of the molecule is Cc1cccc(CS(=O)(=O)N2CCC(N3CC(=O)N(c4ccccc4)C3=O)CC2)c1. The summed E-state index contributed by atoms with van der Waals surface area (Å²) in [6.45, 7) is 2.67. The molecule has 0 bridgehead atoms. The molecular formula is C22H25N3O4S. The van der Waals surface area contributed by atoms with Crippen LogP contribution in [0.2, 0.25) is 0 Å². The molecule has 2 heterocycles. The third kappa shape index (κ3) is 4.11. The largest absolute Gasteiger partial charge is 0.332 e. The molecule has 7 nitrogen and oxygen atoms in total. The molecule has 0 spiro atoms. The van der Waals surface area contributed by atoms with Crippen molar-refractivity contribution in [2.24, 2.45) is 0 Å². The zero-order chi connectivity index (χ0) is 21.3. The summed E-state index contributed by atoms with van der Waals surface area (Å²) in [5, 5.41) is 0. The van der Waals surface area contributed by atoms with Crippen molar-refractivity contribution in [3.05, 3.63) is 65.7 Å². The van der Waals surface area contributed by atoms with Gasteiger partial charge in [-0.25, -0.2) is 22.4 Å². The van der Waals surface area contributed by atoms with E-state index in [1.165, 1.54) is 9.21 Å². The fourth-order valence-corrected chi connectivity index (χ4v) is 5.72. The van der Waals surface area contributed by atoms with Crippen LogP contribution in [-0.4, -0.2) is 55.2 Å². The summed E-state index contributed by atoms with van der Waals surface area (Å²) in [7, 11) is -3.43. The molecule has 2 aromatic rings. The lowest BCUT2D eigenvalue weighted by Crippen LogP contribution is -2.48. The lowest BCUT2D eigenvalue weighted by Gasteiger charge is -2.35. The maximum absolute atomic E-state index is 12.9. The van der Waals surface area contributed by atoms with Gasteiger partial charge in [-0.15, -0.1) is 0 Å². The van der Waals surface area contributed by atoms with E-state index in [0.717, 1.165) is 11.1 Å². The van der Waals surface area contributed by atoms with Crippen molar-refractivity contribution in [3.8, 4) is 0 Å². The van der Waals surface area contributed by atoms with Gasteiger partial charge in [0, 0.05) is 19.1 Å². The number of para-hydroxylation sites is 1. The number of sulfonamides is 1. The minimum atomic E-state index is -3.43. The summed E-state index contributed by atoms with van der Waals surface area (Å²) in [5.74, 6) is -0.275. The van der Waals surface area contributed by atoms with Gasteiger partial charge in [0.2, 0.25) is 10.0 Å². The van der Waals surface area contributed by atoms with Gasteiger partial charge in [0.1, 0.15) is 6.54 Å². The van der Waals surface area contributed by atoms with Crippen LogP contribution >= 0.6 is 0 Å². The minimum Gasteiger partial charge on any atom is -0.312 e. The van der Waals surface area contributed by atoms with E-state index < -0.39 is 10.0 Å². The fraction of sp³-hybridized carbons (Fsp3) is 0.364. The summed E-state index contributed by atoms with van der Waals surface area (Å²) in [4.78, 5) is 28.1. The summed E-state index contributed by atoms with van der Waals surface area (Å²) in [6.07, 6.45) is 1.05. The Kier molecular flexibility index (Phi) is 5.62. The van der Waals surface area contributed by atoms with Crippen molar-refractivity contribution >= 4 is 27.6 Å². The third-order valence-corrected chi connectivity index (χ3v) is 7.55. The van der Waals surface area contributed by atoms with Crippen molar-refractivity contribution < 1.29 is 18.0 Å². The molecule has 0 atom stereocenters. The molecule has 3 amide bonds. The van der Waals surface area contributed by atoms with Crippen LogP contribution in [0.4, 0.5) is 10.5 Å². The van der Waals surface area contributed by atoms with E-state index in [1.54, 1.807) is 29.2 Å². The molecule has 158 valence electrons. The number of hydrogen-bond acceptors (Lipinski definition) is 4. The van der Waals surface area contributed by atoms with Crippen molar-refractivity contribution in [3.63, 3.8) is 0 Å². The number of imide groups is 1. The molecule has 2 aliphatic heterocycles. The molecule has 0 N–H and O–H groups in total. The Hall–Kier alpha value is -2.71. The molecule has 0 aliphatic carbocycles. The van der Waals surface area contributed by atoms with Gasteiger partial charge in [-0.3, -0.25) is 4.79 Å². The van der Waals surface area contributed by atoms with E-state index in [9.17, 15) is 18.0 Å². The number of nitrogens with zero attached hydrogens (tertiary/aromatic N) is 3. The summed E-state index contributed by atoms with van der Waals surface area (Å²) in [5.41, 5.74) is 2.37. The Morgan fingerprint density at radius 3 is 2.33 bits per heavy atom. The Balaban J connectivity index is 1.40. The molecule has 0 aromatic heterocycles. The van der Waals surface area contributed by atoms with Gasteiger partial charge in [0.05, 0.1) is 11.4 Å². The van der Waals surface area contributed by atoms with E-state index in [1.807, 2.05) is 37.3 Å². The molecule has 2 saturated heterocycles. The normalized spacial score (nSPS) is 19.0.